The van der Waals surface area contributed by atoms with Crippen LogP contribution in [0.3, 0.4) is 0 Å². The number of amides is 3. The number of ether oxygens (including phenoxy) is 2. The SMILES string of the molecule is C[C@@H]1CCCCO[C@@H](CN(C)Cc2ccccc2)[C@@H](C)CN([C@@H](C)CO)C(=O)c2cc(NC(=O)Nc3ccc(F)cc3)ccc2O1. The lowest BCUT2D eigenvalue weighted by molar-refractivity contribution is -0.0177. The molecule has 0 saturated heterocycles. The Morgan fingerprint density at radius 3 is 2.46 bits per heavy atom. The Morgan fingerprint density at radius 2 is 1.74 bits per heavy atom. The summed E-state index contributed by atoms with van der Waals surface area (Å²) in [5.41, 5.74) is 2.31. The van der Waals surface area contributed by atoms with E-state index in [1.165, 1.54) is 29.8 Å². The van der Waals surface area contributed by atoms with Crippen LogP contribution in [-0.4, -0.2) is 78.4 Å². The first kappa shape index (κ1) is 34.9. The van der Waals surface area contributed by atoms with Gasteiger partial charge in [-0.1, -0.05) is 37.3 Å². The van der Waals surface area contributed by atoms with Crippen molar-refractivity contribution < 1.29 is 28.6 Å². The van der Waals surface area contributed by atoms with Crippen LogP contribution in [-0.2, 0) is 11.3 Å². The number of aliphatic hydroxyl groups excluding tert-OH is 1. The summed E-state index contributed by atoms with van der Waals surface area (Å²) in [7, 11) is 2.07. The zero-order valence-electron chi connectivity index (χ0n) is 27.2. The molecule has 0 saturated carbocycles. The molecule has 3 N–H and O–H groups in total. The van der Waals surface area contributed by atoms with Gasteiger partial charge in [0.25, 0.3) is 5.91 Å². The Morgan fingerprint density at radius 1 is 1.04 bits per heavy atom. The second-order valence-corrected chi connectivity index (χ2v) is 12.3. The van der Waals surface area contributed by atoms with E-state index in [4.69, 9.17) is 9.47 Å². The number of fused-ring (bicyclic) bond motifs is 1. The molecular formula is C36H47FN4O5. The van der Waals surface area contributed by atoms with E-state index in [2.05, 4.69) is 41.6 Å². The predicted molar refractivity (Wildman–Crippen MR) is 179 cm³/mol. The minimum absolute atomic E-state index is 0.0507. The maximum absolute atomic E-state index is 14.3. The third-order valence-electron chi connectivity index (χ3n) is 8.20. The van der Waals surface area contributed by atoms with Crippen LogP contribution < -0.4 is 15.4 Å². The summed E-state index contributed by atoms with van der Waals surface area (Å²) in [6.45, 7) is 8.05. The summed E-state index contributed by atoms with van der Waals surface area (Å²) in [6, 6.07) is 19.7. The van der Waals surface area contributed by atoms with E-state index in [0.29, 0.717) is 36.8 Å². The number of likely N-dealkylation sites (N-methyl/N-ethyl adjacent to an activating group) is 1. The Balaban J connectivity index is 1.58. The lowest BCUT2D eigenvalue weighted by Crippen LogP contribution is -2.47. The van der Waals surface area contributed by atoms with E-state index in [1.54, 1.807) is 23.1 Å². The van der Waals surface area contributed by atoms with Gasteiger partial charge in [0.1, 0.15) is 11.6 Å². The number of hydrogen-bond donors (Lipinski definition) is 3. The number of urea groups is 1. The predicted octanol–water partition coefficient (Wildman–Crippen LogP) is 6.40. The molecule has 3 aromatic carbocycles. The Kier molecular flexibility index (Phi) is 12.9. The summed E-state index contributed by atoms with van der Waals surface area (Å²) in [6.07, 6.45) is 2.26. The van der Waals surface area contributed by atoms with Crippen molar-refractivity contribution in [2.45, 2.75) is 64.8 Å². The summed E-state index contributed by atoms with van der Waals surface area (Å²) < 4.78 is 26.0. The fourth-order valence-corrected chi connectivity index (χ4v) is 5.56. The van der Waals surface area contributed by atoms with Crippen LogP contribution in [0.4, 0.5) is 20.6 Å². The normalized spacial score (nSPS) is 20.3. The van der Waals surface area contributed by atoms with Crippen LogP contribution in [0.5, 0.6) is 5.75 Å². The quantitative estimate of drug-likeness (QED) is 0.265. The van der Waals surface area contributed by atoms with Crippen LogP contribution in [0.25, 0.3) is 0 Å². The van der Waals surface area contributed by atoms with E-state index >= 15 is 0 Å². The van der Waals surface area contributed by atoms with Crippen LogP contribution in [0.15, 0.2) is 72.8 Å². The minimum Gasteiger partial charge on any atom is -0.490 e. The number of aliphatic hydroxyl groups is 1. The third-order valence-corrected chi connectivity index (χ3v) is 8.20. The molecule has 3 aromatic rings. The number of anilines is 2. The standard InChI is InChI=1S/C36H47FN4O5/c1-25-21-41(26(2)24-42)35(43)32-20-31(39-36(44)38-30-15-13-29(37)14-16-30)17-18-33(32)46-27(3)10-8-9-19-45-34(25)23-40(4)22-28-11-6-5-7-12-28/h5-7,11-18,20,25-27,34,42H,8-10,19,21-24H2,1-4H3,(H2,38,39,44)/t25-,26-,27+,34-/m0/s1. The highest BCUT2D eigenvalue weighted by atomic mass is 19.1. The second-order valence-electron chi connectivity index (χ2n) is 12.3. The van der Waals surface area contributed by atoms with Crippen LogP contribution in [0, 0.1) is 11.7 Å². The Bertz CT molecular complexity index is 1410. The van der Waals surface area contributed by atoms with Crippen molar-refractivity contribution in [1.82, 2.24) is 9.80 Å². The van der Waals surface area contributed by atoms with Crippen molar-refractivity contribution in [2.24, 2.45) is 5.92 Å². The molecule has 0 fully saturated rings. The number of halogens is 1. The molecule has 1 aliphatic heterocycles. The highest BCUT2D eigenvalue weighted by molar-refractivity contribution is 6.02. The highest BCUT2D eigenvalue weighted by Crippen LogP contribution is 2.29. The maximum atomic E-state index is 14.3. The molecule has 0 unspecified atom stereocenters. The van der Waals surface area contributed by atoms with Crippen LogP contribution >= 0.6 is 0 Å². The first-order valence-electron chi connectivity index (χ1n) is 16.0. The fraction of sp³-hybridized carbons (Fsp3) is 0.444. The van der Waals surface area contributed by atoms with Gasteiger partial charge in [-0.3, -0.25) is 9.69 Å². The van der Waals surface area contributed by atoms with E-state index in [-0.39, 0.29) is 36.2 Å². The van der Waals surface area contributed by atoms with Gasteiger partial charge in [-0.25, -0.2) is 9.18 Å². The molecule has 46 heavy (non-hydrogen) atoms. The first-order chi connectivity index (χ1) is 22.1. The minimum atomic E-state index is -0.539. The molecule has 4 atom stereocenters. The van der Waals surface area contributed by atoms with Gasteiger partial charge in [0, 0.05) is 43.5 Å². The van der Waals surface area contributed by atoms with Gasteiger partial charge < -0.3 is 30.1 Å². The number of carbonyl (C=O) groups is 2. The van der Waals surface area contributed by atoms with E-state index in [0.717, 1.165) is 25.8 Å². The summed E-state index contributed by atoms with van der Waals surface area (Å²) in [4.78, 5) is 31.0. The average molecular weight is 635 g/mol. The topological polar surface area (TPSA) is 103 Å². The summed E-state index contributed by atoms with van der Waals surface area (Å²) >= 11 is 0. The molecule has 1 aliphatic rings. The molecule has 10 heteroatoms. The monoisotopic (exact) mass is 634 g/mol. The van der Waals surface area contributed by atoms with Gasteiger partial charge in [0.2, 0.25) is 0 Å². The van der Waals surface area contributed by atoms with Gasteiger partial charge in [-0.15, -0.1) is 0 Å². The van der Waals surface area contributed by atoms with Crippen LogP contribution in [0.1, 0.15) is 56.0 Å². The number of hydrogen-bond acceptors (Lipinski definition) is 6. The fourth-order valence-electron chi connectivity index (χ4n) is 5.56. The van der Waals surface area contributed by atoms with Crippen molar-refractivity contribution >= 4 is 23.3 Å². The zero-order chi connectivity index (χ0) is 33.1. The first-order valence-corrected chi connectivity index (χ1v) is 16.0. The van der Waals surface area contributed by atoms with Gasteiger partial charge in [0.05, 0.1) is 30.4 Å². The highest BCUT2D eigenvalue weighted by Gasteiger charge is 2.30. The van der Waals surface area contributed by atoms with Crippen molar-refractivity contribution in [1.29, 1.82) is 0 Å². The van der Waals surface area contributed by atoms with Gasteiger partial charge in [-0.2, -0.15) is 0 Å². The second kappa shape index (κ2) is 17.1. The molecule has 9 nitrogen and oxygen atoms in total. The number of rotatable bonds is 8. The summed E-state index contributed by atoms with van der Waals surface area (Å²) in [5, 5.41) is 15.6. The third kappa shape index (κ3) is 10.3. The lowest BCUT2D eigenvalue weighted by Gasteiger charge is -2.36. The molecule has 0 aromatic heterocycles. The Hall–Kier alpha value is -3.99. The molecule has 0 spiro atoms. The molecule has 3 amide bonds. The molecule has 1 heterocycles. The largest absolute Gasteiger partial charge is 0.490 e. The molecule has 0 bridgehead atoms. The average Bonchev–Trinajstić information content (AvgIpc) is 3.04. The van der Waals surface area contributed by atoms with E-state index < -0.39 is 17.9 Å². The molecule has 4 rings (SSSR count). The van der Waals surface area contributed by atoms with Crippen molar-refractivity contribution in [2.75, 3.05) is 44.0 Å². The molecule has 248 valence electrons. The summed E-state index contributed by atoms with van der Waals surface area (Å²) in [5.74, 6) is -0.355. The van der Waals surface area contributed by atoms with Crippen LogP contribution in [0.2, 0.25) is 0 Å². The number of nitrogens with one attached hydrogen (secondary N) is 2. The Labute approximate surface area is 271 Å². The smallest absolute Gasteiger partial charge is 0.323 e. The molecule has 0 aliphatic carbocycles. The maximum Gasteiger partial charge on any atom is 0.323 e. The zero-order valence-corrected chi connectivity index (χ0v) is 27.2. The number of benzene rings is 3. The van der Waals surface area contributed by atoms with Gasteiger partial charge in [0.15, 0.2) is 0 Å². The molecular weight excluding hydrogens is 587 g/mol. The van der Waals surface area contributed by atoms with E-state index in [9.17, 15) is 19.1 Å². The van der Waals surface area contributed by atoms with Crippen molar-refractivity contribution in [3.8, 4) is 5.75 Å². The number of nitrogens with zero attached hydrogens (tertiary/aromatic N) is 2. The van der Waals surface area contributed by atoms with Gasteiger partial charge >= 0.3 is 6.03 Å². The number of carbonyl (C=O) groups excluding carboxylic acids is 2. The van der Waals surface area contributed by atoms with Crippen molar-refractivity contribution in [3.63, 3.8) is 0 Å². The van der Waals surface area contributed by atoms with Crippen molar-refractivity contribution in [3.05, 3.63) is 89.7 Å². The van der Waals surface area contributed by atoms with Gasteiger partial charge in [-0.05, 0) is 88.2 Å². The lowest BCUT2D eigenvalue weighted by atomic mass is 10.0. The van der Waals surface area contributed by atoms with E-state index in [1.807, 2.05) is 32.0 Å². The molecule has 0 radical (unpaired) electrons.